The molecule has 0 heterocycles. The van der Waals surface area contributed by atoms with Crippen LogP contribution in [0.2, 0.25) is 0 Å². The van der Waals surface area contributed by atoms with Crippen molar-refractivity contribution in [2.24, 2.45) is 4.99 Å². The number of carbonyl (C=O) groups is 2. The molecule has 8 nitrogen and oxygen atoms in total. The molecule has 0 radical (unpaired) electrons. The molecule has 0 amide bonds. The predicted molar refractivity (Wildman–Crippen MR) is 89.9 cm³/mol. The number of esters is 1. The number of ether oxygens (including phenoxy) is 1. The molecule has 0 aliphatic rings. The molecule has 0 aliphatic heterocycles. The van der Waals surface area contributed by atoms with Gasteiger partial charge in [-0.15, -0.1) is 0 Å². The van der Waals surface area contributed by atoms with Crippen molar-refractivity contribution in [3.63, 3.8) is 0 Å². The molecule has 8 heteroatoms. The zero-order valence-electron chi connectivity index (χ0n) is 13.2. The Kier molecular flexibility index (Phi) is 5.57. The summed E-state index contributed by atoms with van der Waals surface area (Å²) in [5.41, 5.74) is 0.494. The quantitative estimate of drug-likeness (QED) is 0.373. The van der Waals surface area contributed by atoms with Gasteiger partial charge in [-0.25, -0.2) is 9.79 Å². The molecule has 2 aromatic carbocycles. The Morgan fingerprint density at radius 2 is 1.84 bits per heavy atom. The first-order chi connectivity index (χ1) is 11.9. The smallest absolute Gasteiger partial charge is 0.353 e. The third-order valence-electron chi connectivity index (χ3n) is 3.27. The van der Waals surface area contributed by atoms with Crippen LogP contribution < -0.4 is 0 Å². The highest BCUT2D eigenvalue weighted by atomic mass is 16.6. The highest BCUT2D eigenvalue weighted by Gasteiger charge is 2.20. The van der Waals surface area contributed by atoms with Gasteiger partial charge in [0.05, 0.1) is 18.5 Å². The van der Waals surface area contributed by atoms with Gasteiger partial charge in [0.15, 0.2) is 0 Å². The first-order valence-electron chi connectivity index (χ1n) is 7.14. The second-order valence-electron chi connectivity index (χ2n) is 4.95. The lowest BCUT2D eigenvalue weighted by Crippen LogP contribution is -2.19. The maximum absolute atomic E-state index is 11.6. The molecular weight excluding hydrogens is 328 g/mol. The zero-order chi connectivity index (χ0) is 18.4. The summed E-state index contributed by atoms with van der Waals surface area (Å²) in [6.07, 6.45) is -0.704. The maximum Gasteiger partial charge on any atom is 0.353 e. The number of benzene rings is 2. The van der Waals surface area contributed by atoms with Crippen molar-refractivity contribution in [2.45, 2.75) is 6.42 Å². The van der Waals surface area contributed by atoms with Crippen LogP contribution in [0.1, 0.15) is 6.42 Å². The van der Waals surface area contributed by atoms with E-state index in [4.69, 9.17) is 5.11 Å². The van der Waals surface area contributed by atoms with Gasteiger partial charge in [0.2, 0.25) is 0 Å². The molecule has 128 valence electrons. The van der Waals surface area contributed by atoms with Gasteiger partial charge < -0.3 is 9.84 Å². The summed E-state index contributed by atoms with van der Waals surface area (Å²) in [7, 11) is 1.08. The Balaban J connectivity index is 2.53. The summed E-state index contributed by atoms with van der Waals surface area (Å²) in [6, 6.07) is 13.3. The first-order valence-corrected chi connectivity index (χ1v) is 7.14. The summed E-state index contributed by atoms with van der Waals surface area (Å²) >= 11 is 0. The Hall–Kier alpha value is -3.55. The SMILES string of the molecule is COC(=O)C(CC(=O)O)=Nc1ccc(-c2ccccc2)cc1[N+](=O)[O-]. The molecule has 0 aliphatic carbocycles. The summed E-state index contributed by atoms with van der Waals surface area (Å²) in [5, 5.41) is 20.2. The average molecular weight is 342 g/mol. The molecule has 25 heavy (non-hydrogen) atoms. The standard InChI is InChI=1S/C17H14N2O6/c1-25-17(22)14(10-16(20)21)18-13-8-7-12(9-15(13)19(23)24)11-5-3-2-4-6-11/h2-9H,10H2,1H3,(H,20,21). The van der Waals surface area contributed by atoms with Crippen LogP contribution >= 0.6 is 0 Å². The zero-order valence-corrected chi connectivity index (χ0v) is 13.2. The monoisotopic (exact) mass is 342 g/mol. The van der Waals surface area contributed by atoms with E-state index in [9.17, 15) is 19.7 Å². The topological polar surface area (TPSA) is 119 Å². The average Bonchev–Trinajstić information content (AvgIpc) is 2.61. The van der Waals surface area contributed by atoms with E-state index in [0.717, 1.165) is 12.7 Å². The molecule has 0 spiro atoms. The van der Waals surface area contributed by atoms with Gasteiger partial charge >= 0.3 is 11.9 Å². The number of nitro groups is 1. The molecule has 0 unspecified atom stereocenters. The number of nitrogens with zero attached hydrogens (tertiary/aromatic N) is 2. The molecule has 0 bridgehead atoms. The lowest BCUT2D eigenvalue weighted by molar-refractivity contribution is -0.384. The van der Waals surface area contributed by atoms with E-state index in [0.29, 0.717) is 5.56 Å². The van der Waals surface area contributed by atoms with Crippen molar-refractivity contribution < 1.29 is 24.4 Å². The minimum Gasteiger partial charge on any atom is -0.481 e. The van der Waals surface area contributed by atoms with E-state index in [-0.39, 0.29) is 11.4 Å². The second kappa shape index (κ2) is 7.82. The lowest BCUT2D eigenvalue weighted by atomic mass is 10.0. The van der Waals surface area contributed by atoms with Crippen LogP contribution in [0.4, 0.5) is 11.4 Å². The number of methoxy groups -OCH3 is 1. The first kappa shape index (κ1) is 17.8. The largest absolute Gasteiger partial charge is 0.481 e. The van der Waals surface area contributed by atoms with Crippen LogP contribution in [0.25, 0.3) is 11.1 Å². The van der Waals surface area contributed by atoms with Gasteiger partial charge in [-0.1, -0.05) is 36.4 Å². The van der Waals surface area contributed by atoms with Crippen LogP contribution in [0.5, 0.6) is 0 Å². The third kappa shape index (κ3) is 4.47. The van der Waals surface area contributed by atoms with Gasteiger partial charge in [-0.3, -0.25) is 14.9 Å². The minimum atomic E-state index is -1.30. The summed E-state index contributed by atoms with van der Waals surface area (Å²) in [4.78, 5) is 37.1. The fraction of sp³-hybridized carbons (Fsp3) is 0.118. The van der Waals surface area contributed by atoms with E-state index in [1.165, 1.54) is 12.1 Å². The second-order valence-corrected chi connectivity index (χ2v) is 4.95. The van der Waals surface area contributed by atoms with Crippen LogP contribution in [-0.2, 0) is 14.3 Å². The minimum absolute atomic E-state index is 0.119. The van der Waals surface area contributed by atoms with E-state index in [2.05, 4.69) is 9.73 Å². The normalized spacial score (nSPS) is 11.0. The number of hydrogen-bond donors (Lipinski definition) is 1. The third-order valence-corrected chi connectivity index (χ3v) is 3.27. The van der Waals surface area contributed by atoms with Gasteiger partial charge in [0.1, 0.15) is 11.4 Å². The van der Waals surface area contributed by atoms with Crippen LogP contribution in [0.3, 0.4) is 0 Å². The van der Waals surface area contributed by atoms with Gasteiger partial charge in [0, 0.05) is 6.07 Å². The van der Waals surface area contributed by atoms with E-state index in [1.807, 2.05) is 6.07 Å². The fourth-order valence-electron chi connectivity index (χ4n) is 2.14. The fourth-order valence-corrected chi connectivity index (χ4v) is 2.14. The van der Waals surface area contributed by atoms with Gasteiger partial charge in [0.25, 0.3) is 5.69 Å². The van der Waals surface area contributed by atoms with Crippen molar-refractivity contribution in [2.75, 3.05) is 7.11 Å². The van der Waals surface area contributed by atoms with E-state index >= 15 is 0 Å². The molecule has 2 aromatic rings. The number of carbonyl (C=O) groups excluding carboxylic acids is 1. The highest BCUT2D eigenvalue weighted by molar-refractivity contribution is 6.39. The molecule has 0 fully saturated rings. The van der Waals surface area contributed by atoms with Crippen molar-refractivity contribution in [1.82, 2.24) is 0 Å². The molecule has 0 atom stereocenters. The molecular formula is C17H14N2O6. The number of hydrogen-bond acceptors (Lipinski definition) is 6. The number of nitro benzene ring substituents is 1. The molecule has 2 rings (SSSR count). The summed E-state index contributed by atoms with van der Waals surface area (Å²) in [6.45, 7) is 0. The number of aliphatic carboxylic acids is 1. The van der Waals surface area contributed by atoms with Crippen molar-refractivity contribution in [3.8, 4) is 11.1 Å². The highest BCUT2D eigenvalue weighted by Crippen LogP contribution is 2.32. The van der Waals surface area contributed by atoms with Gasteiger partial charge in [-0.05, 0) is 17.2 Å². The lowest BCUT2D eigenvalue weighted by Gasteiger charge is -2.05. The van der Waals surface area contributed by atoms with E-state index < -0.39 is 29.0 Å². The number of aliphatic imine (C=N–C) groups is 1. The van der Waals surface area contributed by atoms with Crippen molar-refractivity contribution in [3.05, 3.63) is 58.6 Å². The molecule has 1 N–H and O–H groups in total. The maximum atomic E-state index is 11.6. The Labute approximate surface area is 142 Å². The Morgan fingerprint density at radius 3 is 2.40 bits per heavy atom. The van der Waals surface area contributed by atoms with Crippen LogP contribution in [0.15, 0.2) is 53.5 Å². The summed E-state index contributed by atoms with van der Waals surface area (Å²) in [5.74, 6) is -2.25. The van der Waals surface area contributed by atoms with Crippen LogP contribution in [0, 0.1) is 10.1 Å². The molecule has 0 saturated carbocycles. The number of carboxylic acid groups (broad SMARTS) is 1. The molecule has 0 aromatic heterocycles. The molecule has 0 saturated heterocycles. The van der Waals surface area contributed by atoms with Crippen molar-refractivity contribution in [1.29, 1.82) is 0 Å². The predicted octanol–water partition coefficient (Wildman–Crippen LogP) is 2.98. The summed E-state index contributed by atoms with van der Waals surface area (Å²) < 4.78 is 4.48. The van der Waals surface area contributed by atoms with Crippen LogP contribution in [-0.4, -0.2) is 34.8 Å². The Morgan fingerprint density at radius 1 is 1.16 bits per heavy atom. The Bertz CT molecular complexity index is 845. The van der Waals surface area contributed by atoms with E-state index in [1.54, 1.807) is 30.3 Å². The number of rotatable bonds is 6. The number of carboxylic acids is 1. The van der Waals surface area contributed by atoms with Gasteiger partial charge in [-0.2, -0.15) is 0 Å². The van der Waals surface area contributed by atoms with Crippen molar-refractivity contribution >= 4 is 29.0 Å².